The topological polar surface area (TPSA) is 50.8 Å². The highest BCUT2D eigenvalue weighted by Crippen LogP contribution is 2.43. The third-order valence-corrected chi connectivity index (χ3v) is 6.21. The summed E-state index contributed by atoms with van der Waals surface area (Å²) in [4.78, 5) is 14.1. The number of nitrogens with zero attached hydrogens (tertiary/aromatic N) is 1. The molecule has 1 N–H and O–H groups in total. The average Bonchev–Trinajstić information content (AvgIpc) is 3.28. The van der Waals surface area contributed by atoms with Gasteiger partial charge in [-0.25, -0.2) is 5.01 Å². The predicted molar refractivity (Wildman–Crippen MR) is 115 cm³/mol. The second kappa shape index (κ2) is 8.27. The second-order valence-electron chi connectivity index (χ2n) is 7.09. The number of fused-ring (bicyclic) bond motifs is 1. The van der Waals surface area contributed by atoms with Crippen LogP contribution in [-0.4, -0.2) is 31.2 Å². The summed E-state index contributed by atoms with van der Waals surface area (Å²) in [5.41, 5.74) is 6.13. The molecule has 0 aliphatic carbocycles. The van der Waals surface area contributed by atoms with Gasteiger partial charge in [-0.1, -0.05) is 24.3 Å². The van der Waals surface area contributed by atoms with Gasteiger partial charge in [0.25, 0.3) is 5.91 Å². The van der Waals surface area contributed by atoms with Gasteiger partial charge in [0.15, 0.2) is 11.5 Å². The molecule has 1 aromatic heterocycles. The summed E-state index contributed by atoms with van der Waals surface area (Å²) >= 11 is 1.68. The van der Waals surface area contributed by atoms with Crippen molar-refractivity contribution in [2.75, 3.05) is 14.2 Å². The molecule has 5 nitrogen and oxygen atoms in total. The first kappa shape index (κ1) is 19.5. The molecule has 150 valence electrons. The van der Waals surface area contributed by atoms with Crippen molar-refractivity contribution in [3.05, 3.63) is 81.5 Å². The first-order valence-electron chi connectivity index (χ1n) is 9.55. The van der Waals surface area contributed by atoms with Crippen LogP contribution in [0.3, 0.4) is 0 Å². The van der Waals surface area contributed by atoms with E-state index in [1.54, 1.807) is 25.6 Å². The lowest BCUT2D eigenvalue weighted by atomic mass is 9.88. The van der Waals surface area contributed by atoms with Crippen LogP contribution in [-0.2, 0) is 6.42 Å². The lowest BCUT2D eigenvalue weighted by Gasteiger charge is -2.41. The highest BCUT2D eigenvalue weighted by atomic mass is 32.1. The molecule has 0 spiro atoms. The molecule has 2 aromatic carbocycles. The lowest BCUT2D eigenvalue weighted by molar-refractivity contribution is 0.0558. The van der Waals surface area contributed by atoms with E-state index >= 15 is 0 Å². The van der Waals surface area contributed by atoms with E-state index in [4.69, 9.17) is 9.47 Å². The van der Waals surface area contributed by atoms with Crippen molar-refractivity contribution in [3.63, 3.8) is 0 Å². The van der Waals surface area contributed by atoms with Crippen LogP contribution in [0.4, 0.5) is 0 Å². The van der Waals surface area contributed by atoms with Crippen LogP contribution >= 0.6 is 11.3 Å². The number of rotatable bonds is 5. The SMILES string of the molecule is COc1cc2c(cc1OC)C(c1cccs1)N(NC(=O)c1ccccc1)C(C)C2. The standard InChI is InChI=1S/C23H24N2O3S/c1-15-12-17-13-19(27-2)20(28-3)14-18(17)22(21-10-7-11-29-21)25(15)24-23(26)16-8-5-4-6-9-16/h4-11,13-15,22H,12H2,1-3H3,(H,24,26). The Balaban J connectivity index is 1.77. The van der Waals surface area contributed by atoms with Gasteiger partial charge in [0, 0.05) is 16.5 Å². The van der Waals surface area contributed by atoms with Gasteiger partial charge in [-0.2, -0.15) is 0 Å². The summed E-state index contributed by atoms with van der Waals surface area (Å²) in [6.45, 7) is 2.13. The van der Waals surface area contributed by atoms with Gasteiger partial charge in [-0.3, -0.25) is 10.2 Å². The molecule has 4 rings (SSSR count). The van der Waals surface area contributed by atoms with Crippen LogP contribution in [0.2, 0.25) is 0 Å². The number of hydrogen-bond donors (Lipinski definition) is 1. The van der Waals surface area contributed by atoms with Crippen LogP contribution < -0.4 is 14.9 Å². The maximum absolute atomic E-state index is 12.9. The number of amides is 1. The van der Waals surface area contributed by atoms with Crippen LogP contribution in [0.25, 0.3) is 0 Å². The number of ether oxygens (including phenoxy) is 2. The van der Waals surface area contributed by atoms with Gasteiger partial charge in [0.1, 0.15) is 0 Å². The molecule has 1 aliphatic rings. The molecule has 3 aromatic rings. The minimum atomic E-state index is -0.108. The largest absolute Gasteiger partial charge is 0.493 e. The van der Waals surface area contributed by atoms with Crippen molar-refractivity contribution in [2.24, 2.45) is 0 Å². The van der Waals surface area contributed by atoms with E-state index < -0.39 is 0 Å². The molecule has 1 aliphatic heterocycles. The van der Waals surface area contributed by atoms with E-state index in [0.717, 1.165) is 17.7 Å². The number of carbonyl (C=O) groups excluding carboxylic acids is 1. The fourth-order valence-corrected chi connectivity index (χ4v) is 4.71. The summed E-state index contributed by atoms with van der Waals surface area (Å²) in [6, 6.07) is 17.6. The Bertz CT molecular complexity index is 989. The fourth-order valence-electron chi connectivity index (χ4n) is 3.87. The molecule has 0 saturated carbocycles. The van der Waals surface area contributed by atoms with Gasteiger partial charge in [-0.05, 0) is 60.2 Å². The Morgan fingerprint density at radius 3 is 2.45 bits per heavy atom. The third-order valence-electron chi connectivity index (χ3n) is 5.29. The molecule has 29 heavy (non-hydrogen) atoms. The zero-order chi connectivity index (χ0) is 20.4. The number of nitrogens with one attached hydrogen (secondary N) is 1. The van der Waals surface area contributed by atoms with E-state index in [-0.39, 0.29) is 18.0 Å². The number of hydrazine groups is 1. The Hall–Kier alpha value is -2.83. The lowest BCUT2D eigenvalue weighted by Crippen LogP contribution is -2.52. The fraction of sp³-hybridized carbons (Fsp3) is 0.261. The summed E-state index contributed by atoms with van der Waals surface area (Å²) in [5, 5.41) is 4.13. The molecule has 0 saturated heterocycles. The number of hydrogen-bond acceptors (Lipinski definition) is 5. The van der Waals surface area contributed by atoms with Crippen molar-refractivity contribution < 1.29 is 14.3 Å². The molecule has 2 heterocycles. The van der Waals surface area contributed by atoms with Crippen LogP contribution in [0.1, 0.15) is 39.3 Å². The minimum Gasteiger partial charge on any atom is -0.493 e. The summed E-state index contributed by atoms with van der Waals surface area (Å²) in [5.74, 6) is 1.31. The number of methoxy groups -OCH3 is 2. The van der Waals surface area contributed by atoms with E-state index in [9.17, 15) is 4.79 Å². The number of carbonyl (C=O) groups is 1. The number of thiophene rings is 1. The van der Waals surface area contributed by atoms with Crippen LogP contribution in [0.5, 0.6) is 11.5 Å². The molecular weight excluding hydrogens is 384 g/mol. The van der Waals surface area contributed by atoms with Gasteiger partial charge in [0.2, 0.25) is 0 Å². The average molecular weight is 409 g/mol. The zero-order valence-electron chi connectivity index (χ0n) is 16.7. The quantitative estimate of drug-likeness (QED) is 0.678. The van der Waals surface area contributed by atoms with Crippen LogP contribution in [0.15, 0.2) is 60.0 Å². The Kier molecular flexibility index (Phi) is 5.56. The monoisotopic (exact) mass is 408 g/mol. The second-order valence-corrected chi connectivity index (χ2v) is 8.07. The molecule has 0 radical (unpaired) electrons. The van der Waals surface area contributed by atoms with Crippen molar-refractivity contribution in [3.8, 4) is 11.5 Å². The van der Waals surface area contributed by atoms with Gasteiger partial charge in [-0.15, -0.1) is 11.3 Å². The molecule has 6 heteroatoms. The first-order chi connectivity index (χ1) is 14.1. The Morgan fingerprint density at radius 2 is 1.79 bits per heavy atom. The number of benzene rings is 2. The molecule has 1 amide bonds. The van der Waals surface area contributed by atoms with Crippen molar-refractivity contribution in [2.45, 2.75) is 25.4 Å². The zero-order valence-corrected chi connectivity index (χ0v) is 17.5. The van der Waals surface area contributed by atoms with E-state index in [1.165, 1.54) is 10.4 Å². The van der Waals surface area contributed by atoms with Crippen LogP contribution in [0, 0.1) is 0 Å². The maximum atomic E-state index is 12.9. The molecular formula is C23H24N2O3S. The highest BCUT2D eigenvalue weighted by molar-refractivity contribution is 7.10. The van der Waals surface area contributed by atoms with E-state index in [0.29, 0.717) is 11.3 Å². The van der Waals surface area contributed by atoms with E-state index in [2.05, 4.69) is 34.9 Å². The minimum absolute atomic E-state index is 0.0961. The molecule has 2 atom stereocenters. The Morgan fingerprint density at radius 1 is 1.07 bits per heavy atom. The van der Waals surface area contributed by atoms with Crippen molar-refractivity contribution in [1.29, 1.82) is 0 Å². The maximum Gasteiger partial charge on any atom is 0.265 e. The summed E-state index contributed by atoms with van der Waals surface area (Å²) < 4.78 is 11.1. The molecule has 0 fully saturated rings. The van der Waals surface area contributed by atoms with Gasteiger partial charge >= 0.3 is 0 Å². The van der Waals surface area contributed by atoms with Gasteiger partial charge in [0.05, 0.1) is 20.3 Å². The normalized spacial score (nSPS) is 18.7. The van der Waals surface area contributed by atoms with E-state index in [1.807, 2.05) is 42.5 Å². The summed E-state index contributed by atoms with van der Waals surface area (Å²) in [7, 11) is 3.30. The molecule has 0 bridgehead atoms. The van der Waals surface area contributed by atoms with Crippen molar-refractivity contribution >= 4 is 17.2 Å². The smallest absolute Gasteiger partial charge is 0.265 e. The highest BCUT2D eigenvalue weighted by Gasteiger charge is 2.36. The first-order valence-corrected chi connectivity index (χ1v) is 10.4. The van der Waals surface area contributed by atoms with Crippen molar-refractivity contribution in [1.82, 2.24) is 10.4 Å². The predicted octanol–water partition coefficient (Wildman–Crippen LogP) is 4.45. The van der Waals surface area contributed by atoms with Gasteiger partial charge < -0.3 is 9.47 Å². The third kappa shape index (κ3) is 3.73. The molecule has 2 unspecified atom stereocenters. The Labute approximate surface area is 174 Å². The summed E-state index contributed by atoms with van der Waals surface area (Å²) in [6.07, 6.45) is 0.798.